The molecule has 0 aliphatic carbocycles. The van der Waals surface area contributed by atoms with Gasteiger partial charge < -0.3 is 15.1 Å². The van der Waals surface area contributed by atoms with Gasteiger partial charge >= 0.3 is 0 Å². The van der Waals surface area contributed by atoms with Gasteiger partial charge in [0, 0.05) is 30.8 Å². The Balaban J connectivity index is 2.05. The second-order valence-corrected chi connectivity index (χ2v) is 4.99. The van der Waals surface area contributed by atoms with E-state index in [0.29, 0.717) is 17.8 Å². The summed E-state index contributed by atoms with van der Waals surface area (Å²) in [6, 6.07) is 7.34. The molecule has 0 radical (unpaired) electrons. The molecule has 0 bridgehead atoms. The smallest absolute Gasteiger partial charge is 0.251 e. The SMILES string of the molecule is CCc1cc(C(=O)NC(C)Cc2ccco2)cc(NC)n1. The van der Waals surface area contributed by atoms with Gasteiger partial charge in [0.15, 0.2) is 0 Å². The zero-order valence-electron chi connectivity index (χ0n) is 12.6. The molecule has 1 amide bonds. The maximum Gasteiger partial charge on any atom is 0.251 e. The van der Waals surface area contributed by atoms with E-state index in [9.17, 15) is 4.79 Å². The lowest BCUT2D eigenvalue weighted by Crippen LogP contribution is -2.34. The number of anilines is 1. The van der Waals surface area contributed by atoms with Gasteiger partial charge in [-0.1, -0.05) is 6.92 Å². The highest BCUT2D eigenvalue weighted by Crippen LogP contribution is 2.12. The van der Waals surface area contributed by atoms with Crippen LogP contribution in [0.1, 0.15) is 35.7 Å². The first-order valence-corrected chi connectivity index (χ1v) is 7.14. The Labute approximate surface area is 124 Å². The van der Waals surface area contributed by atoms with Crippen LogP contribution in [0.2, 0.25) is 0 Å². The van der Waals surface area contributed by atoms with E-state index >= 15 is 0 Å². The van der Waals surface area contributed by atoms with Crippen molar-refractivity contribution in [1.82, 2.24) is 10.3 Å². The van der Waals surface area contributed by atoms with Crippen molar-refractivity contribution in [3.05, 3.63) is 47.5 Å². The van der Waals surface area contributed by atoms with Crippen molar-refractivity contribution < 1.29 is 9.21 Å². The number of aryl methyl sites for hydroxylation is 1. The van der Waals surface area contributed by atoms with Crippen molar-refractivity contribution in [3.8, 4) is 0 Å². The van der Waals surface area contributed by atoms with Crippen LogP contribution in [0, 0.1) is 0 Å². The summed E-state index contributed by atoms with van der Waals surface area (Å²) < 4.78 is 5.29. The number of nitrogens with zero attached hydrogens (tertiary/aromatic N) is 1. The summed E-state index contributed by atoms with van der Waals surface area (Å²) in [5, 5.41) is 5.96. The van der Waals surface area contributed by atoms with E-state index in [1.807, 2.05) is 32.0 Å². The maximum atomic E-state index is 12.3. The summed E-state index contributed by atoms with van der Waals surface area (Å²) in [4.78, 5) is 16.7. The minimum absolute atomic E-state index is 0.0000671. The molecular weight excluding hydrogens is 266 g/mol. The Morgan fingerprint density at radius 3 is 2.86 bits per heavy atom. The summed E-state index contributed by atoms with van der Waals surface area (Å²) >= 11 is 0. The number of aromatic nitrogens is 1. The van der Waals surface area contributed by atoms with E-state index in [-0.39, 0.29) is 11.9 Å². The second-order valence-electron chi connectivity index (χ2n) is 4.99. The zero-order valence-corrected chi connectivity index (χ0v) is 12.6. The molecule has 0 saturated heterocycles. The number of carbonyl (C=O) groups excluding carboxylic acids is 1. The van der Waals surface area contributed by atoms with Crippen LogP contribution in [0.25, 0.3) is 0 Å². The monoisotopic (exact) mass is 287 g/mol. The van der Waals surface area contributed by atoms with Crippen LogP contribution < -0.4 is 10.6 Å². The summed E-state index contributed by atoms with van der Waals surface area (Å²) in [6.07, 6.45) is 3.10. The third kappa shape index (κ3) is 4.08. The van der Waals surface area contributed by atoms with Crippen molar-refractivity contribution in [1.29, 1.82) is 0 Å². The number of hydrogen-bond acceptors (Lipinski definition) is 4. The molecule has 5 heteroatoms. The molecule has 2 rings (SSSR count). The highest BCUT2D eigenvalue weighted by molar-refractivity contribution is 5.95. The molecule has 5 nitrogen and oxygen atoms in total. The molecule has 0 fully saturated rings. The number of carbonyl (C=O) groups is 1. The summed E-state index contributed by atoms with van der Waals surface area (Å²) in [7, 11) is 1.79. The van der Waals surface area contributed by atoms with Crippen molar-refractivity contribution in [2.75, 3.05) is 12.4 Å². The number of hydrogen-bond donors (Lipinski definition) is 2. The van der Waals surface area contributed by atoms with E-state index in [4.69, 9.17) is 4.42 Å². The van der Waals surface area contributed by atoms with Crippen LogP contribution in [-0.4, -0.2) is 24.0 Å². The molecule has 21 heavy (non-hydrogen) atoms. The van der Waals surface area contributed by atoms with Gasteiger partial charge in [-0.25, -0.2) is 4.98 Å². The van der Waals surface area contributed by atoms with Gasteiger partial charge in [-0.15, -0.1) is 0 Å². The summed E-state index contributed by atoms with van der Waals surface area (Å²) in [6.45, 7) is 3.98. The molecule has 2 N–H and O–H groups in total. The normalized spacial score (nSPS) is 12.0. The predicted molar refractivity (Wildman–Crippen MR) is 82.5 cm³/mol. The Morgan fingerprint density at radius 1 is 1.43 bits per heavy atom. The minimum Gasteiger partial charge on any atom is -0.469 e. The Morgan fingerprint density at radius 2 is 2.24 bits per heavy atom. The molecule has 0 saturated carbocycles. The minimum atomic E-state index is -0.0948. The lowest BCUT2D eigenvalue weighted by Gasteiger charge is -2.13. The summed E-state index contributed by atoms with van der Waals surface area (Å²) in [5.41, 5.74) is 1.52. The van der Waals surface area contributed by atoms with Crippen molar-refractivity contribution in [3.63, 3.8) is 0 Å². The average Bonchev–Trinajstić information content (AvgIpc) is 2.99. The van der Waals surface area contributed by atoms with E-state index < -0.39 is 0 Å². The fourth-order valence-electron chi connectivity index (χ4n) is 2.12. The fraction of sp³-hybridized carbons (Fsp3) is 0.375. The van der Waals surface area contributed by atoms with Gasteiger partial charge in [-0.3, -0.25) is 4.79 Å². The lowest BCUT2D eigenvalue weighted by molar-refractivity contribution is 0.0939. The number of furan rings is 1. The number of amides is 1. The molecule has 0 spiro atoms. The summed E-state index contributed by atoms with van der Waals surface area (Å²) in [5.74, 6) is 1.48. The molecule has 2 aromatic heterocycles. The maximum absolute atomic E-state index is 12.3. The molecule has 2 heterocycles. The molecule has 2 aromatic rings. The molecule has 112 valence electrons. The Kier molecular flexibility index (Phi) is 4.98. The topological polar surface area (TPSA) is 67.2 Å². The van der Waals surface area contributed by atoms with Gasteiger partial charge in [-0.2, -0.15) is 0 Å². The average molecular weight is 287 g/mol. The van der Waals surface area contributed by atoms with Crippen molar-refractivity contribution in [2.45, 2.75) is 32.7 Å². The largest absolute Gasteiger partial charge is 0.469 e. The third-order valence-electron chi connectivity index (χ3n) is 3.22. The second kappa shape index (κ2) is 6.92. The molecule has 0 aromatic carbocycles. The molecule has 0 aliphatic rings. The van der Waals surface area contributed by atoms with Crippen molar-refractivity contribution >= 4 is 11.7 Å². The molecular formula is C16H21N3O2. The van der Waals surface area contributed by atoms with Crippen molar-refractivity contribution in [2.24, 2.45) is 0 Å². The van der Waals surface area contributed by atoms with Crippen LogP contribution in [0.15, 0.2) is 34.9 Å². The molecule has 1 atom stereocenters. The van der Waals surface area contributed by atoms with E-state index in [0.717, 1.165) is 17.9 Å². The van der Waals surface area contributed by atoms with Crippen LogP contribution in [0.4, 0.5) is 5.82 Å². The first-order valence-electron chi connectivity index (χ1n) is 7.14. The highest BCUT2D eigenvalue weighted by atomic mass is 16.3. The zero-order chi connectivity index (χ0) is 15.2. The quantitative estimate of drug-likeness (QED) is 0.857. The van der Waals surface area contributed by atoms with Gasteiger partial charge in [0.25, 0.3) is 5.91 Å². The Hall–Kier alpha value is -2.30. The third-order valence-corrected chi connectivity index (χ3v) is 3.22. The van der Waals surface area contributed by atoms with Crippen LogP contribution >= 0.6 is 0 Å². The van der Waals surface area contributed by atoms with Gasteiger partial charge in [-0.05, 0) is 37.6 Å². The number of rotatable bonds is 6. The predicted octanol–water partition coefficient (Wildman–Crippen LogP) is 2.64. The lowest BCUT2D eigenvalue weighted by atomic mass is 10.1. The molecule has 1 unspecified atom stereocenters. The van der Waals surface area contributed by atoms with E-state index in [2.05, 4.69) is 15.6 Å². The van der Waals surface area contributed by atoms with Crippen LogP contribution in [0.3, 0.4) is 0 Å². The highest BCUT2D eigenvalue weighted by Gasteiger charge is 2.13. The fourth-order valence-corrected chi connectivity index (χ4v) is 2.12. The van der Waals surface area contributed by atoms with Crippen LogP contribution in [0.5, 0.6) is 0 Å². The van der Waals surface area contributed by atoms with Crippen LogP contribution in [-0.2, 0) is 12.8 Å². The number of nitrogens with one attached hydrogen (secondary N) is 2. The van der Waals surface area contributed by atoms with E-state index in [1.165, 1.54) is 0 Å². The standard InChI is InChI=1S/C16H21N3O2/c1-4-13-9-12(10-15(17-3)19-13)16(20)18-11(2)8-14-6-5-7-21-14/h5-7,9-11H,4,8H2,1-3H3,(H,17,19)(H,18,20). The Bertz CT molecular complexity index is 571. The van der Waals surface area contributed by atoms with Gasteiger partial charge in [0.2, 0.25) is 0 Å². The van der Waals surface area contributed by atoms with E-state index in [1.54, 1.807) is 19.4 Å². The molecule has 0 aliphatic heterocycles. The first-order chi connectivity index (χ1) is 10.1. The first kappa shape index (κ1) is 15.1. The van der Waals surface area contributed by atoms with Gasteiger partial charge in [0.1, 0.15) is 11.6 Å². The number of pyridine rings is 1. The van der Waals surface area contributed by atoms with Gasteiger partial charge in [0.05, 0.1) is 6.26 Å².